The molecule has 1 aliphatic rings. The number of benzene rings is 2. The van der Waals surface area contributed by atoms with Gasteiger partial charge in [-0.05, 0) is 0 Å². The molecule has 2 aromatic rings. The van der Waals surface area contributed by atoms with Crippen LogP contribution in [0.2, 0.25) is 0 Å². The van der Waals surface area contributed by atoms with Gasteiger partial charge in [-0.1, -0.05) is 0 Å². The average molecular weight is 496 g/mol. The average Bonchev–Trinajstić information content (AvgIpc) is 2.89. The first-order chi connectivity index (χ1) is 17.1. The fourth-order valence-corrected chi connectivity index (χ4v) is 4.86. The Balaban J connectivity index is 1.89. The molecule has 1 saturated heterocycles. The molecule has 0 bridgehead atoms. The van der Waals surface area contributed by atoms with Crippen molar-refractivity contribution in [3.63, 3.8) is 0 Å². The summed E-state index contributed by atoms with van der Waals surface area (Å²) in [6.07, 6.45) is -0.0312. The SMILES string of the molecule is B=C[C@H]1C(COCCCC)O[C@@H](SCC)C(OC(=O)c2ccccc2)C1OC(=O)c1ccccc1. The van der Waals surface area contributed by atoms with E-state index in [0.29, 0.717) is 24.3 Å². The van der Waals surface area contributed by atoms with Gasteiger partial charge in [0.15, 0.2) is 0 Å². The molecule has 0 N–H and O–H groups in total. The Morgan fingerprint density at radius 2 is 1.51 bits per heavy atom. The van der Waals surface area contributed by atoms with Crippen LogP contribution in [-0.4, -0.2) is 68.1 Å². The quantitative estimate of drug-likeness (QED) is 0.249. The van der Waals surface area contributed by atoms with E-state index in [2.05, 4.69) is 14.4 Å². The maximum absolute atomic E-state index is 13.1. The molecule has 0 aromatic heterocycles. The molecule has 0 saturated carbocycles. The van der Waals surface area contributed by atoms with Crippen LogP contribution in [0.25, 0.3) is 0 Å². The van der Waals surface area contributed by atoms with Crippen molar-refractivity contribution in [2.75, 3.05) is 19.0 Å². The number of carbonyl (C=O) groups excluding carboxylic acids is 2. The van der Waals surface area contributed by atoms with Crippen molar-refractivity contribution in [1.82, 2.24) is 0 Å². The Morgan fingerprint density at radius 1 is 0.943 bits per heavy atom. The van der Waals surface area contributed by atoms with Crippen LogP contribution in [-0.2, 0) is 18.9 Å². The van der Waals surface area contributed by atoms with Gasteiger partial charge in [0, 0.05) is 0 Å². The zero-order valence-electron chi connectivity index (χ0n) is 20.3. The Bertz CT molecular complexity index is 941. The number of thioether (sulfide) groups is 1. The summed E-state index contributed by atoms with van der Waals surface area (Å²) < 4.78 is 24.2. The van der Waals surface area contributed by atoms with Crippen molar-refractivity contribution in [2.24, 2.45) is 5.92 Å². The summed E-state index contributed by atoms with van der Waals surface area (Å²) in [6, 6.07) is 17.5. The second kappa shape index (κ2) is 14.2. The van der Waals surface area contributed by atoms with Crippen molar-refractivity contribution in [2.45, 2.75) is 50.4 Å². The summed E-state index contributed by atoms with van der Waals surface area (Å²) in [5, 5.41) is 0. The van der Waals surface area contributed by atoms with Crippen molar-refractivity contribution in [1.29, 1.82) is 0 Å². The molecule has 8 heteroatoms. The molecular formula is C27H33BO6S. The van der Waals surface area contributed by atoms with Crippen LogP contribution in [0.4, 0.5) is 0 Å². The zero-order chi connectivity index (χ0) is 25.0. The predicted molar refractivity (Wildman–Crippen MR) is 141 cm³/mol. The molecule has 3 rings (SSSR count). The van der Waals surface area contributed by atoms with E-state index >= 15 is 0 Å². The van der Waals surface area contributed by atoms with Crippen molar-refractivity contribution in [3.8, 4) is 0 Å². The number of carbonyl (C=O) groups is 2. The summed E-state index contributed by atoms with van der Waals surface area (Å²) in [5.41, 5.74) is 0.309. The van der Waals surface area contributed by atoms with Crippen LogP contribution < -0.4 is 0 Å². The normalized spacial score (nSPS) is 23.9. The molecule has 0 spiro atoms. The van der Waals surface area contributed by atoms with E-state index in [1.54, 1.807) is 54.5 Å². The molecule has 1 fully saturated rings. The van der Waals surface area contributed by atoms with E-state index in [0.717, 1.165) is 18.6 Å². The summed E-state index contributed by atoms with van der Waals surface area (Å²) in [7, 11) is 3.98. The Labute approximate surface area is 212 Å². The van der Waals surface area contributed by atoms with E-state index < -0.39 is 41.6 Å². The van der Waals surface area contributed by atoms with E-state index in [1.165, 1.54) is 11.8 Å². The molecule has 0 amide bonds. The minimum atomic E-state index is -0.824. The molecule has 6 nitrogen and oxygen atoms in total. The first-order valence-corrected chi connectivity index (χ1v) is 13.1. The monoisotopic (exact) mass is 496 g/mol. The van der Waals surface area contributed by atoms with E-state index in [-0.39, 0.29) is 0 Å². The number of esters is 2. The van der Waals surface area contributed by atoms with Crippen LogP contribution >= 0.6 is 11.8 Å². The van der Waals surface area contributed by atoms with Crippen LogP contribution in [0.1, 0.15) is 47.4 Å². The molecule has 5 atom stereocenters. The van der Waals surface area contributed by atoms with Crippen LogP contribution in [0.15, 0.2) is 60.7 Å². The summed E-state index contributed by atoms with van der Waals surface area (Å²) in [5.74, 6) is 1.02. The number of ether oxygens (including phenoxy) is 4. The molecule has 0 aliphatic carbocycles. The van der Waals surface area contributed by atoms with Gasteiger partial charge in [-0.3, -0.25) is 0 Å². The van der Waals surface area contributed by atoms with E-state index in [1.807, 2.05) is 19.1 Å². The third-order valence-electron chi connectivity index (χ3n) is 5.74. The Morgan fingerprint density at radius 3 is 2.03 bits per heavy atom. The van der Waals surface area contributed by atoms with Gasteiger partial charge < -0.3 is 0 Å². The standard InChI is InChI=1S/C27H33BO6S/c1-3-5-16-31-18-22-21(17-28)23(33-25(29)19-12-8-6-9-13-19)24(27(32-22)35-4-2)34-26(30)20-14-10-7-11-15-20/h6-15,17,21-24,27-28H,3-5,16,18H2,1-2H3/t21-,22?,23?,24?,27-/m0/s1. The molecular weight excluding hydrogens is 463 g/mol. The molecule has 186 valence electrons. The fourth-order valence-electron chi connectivity index (χ4n) is 3.91. The van der Waals surface area contributed by atoms with Gasteiger partial charge in [0.05, 0.1) is 0 Å². The first-order valence-electron chi connectivity index (χ1n) is 12.1. The van der Waals surface area contributed by atoms with Crippen LogP contribution in [0, 0.1) is 5.92 Å². The zero-order valence-corrected chi connectivity index (χ0v) is 21.2. The van der Waals surface area contributed by atoms with E-state index in [4.69, 9.17) is 18.9 Å². The van der Waals surface area contributed by atoms with Gasteiger partial charge in [0.2, 0.25) is 0 Å². The minimum absolute atomic E-state index is 0.330. The second-order valence-corrected chi connectivity index (χ2v) is 9.59. The van der Waals surface area contributed by atoms with E-state index in [9.17, 15) is 9.59 Å². The van der Waals surface area contributed by atoms with Gasteiger partial charge in [-0.25, -0.2) is 0 Å². The summed E-state index contributed by atoms with van der Waals surface area (Å²) >= 11 is 1.50. The molecule has 0 radical (unpaired) electrons. The van der Waals surface area contributed by atoms with Gasteiger partial charge in [0.1, 0.15) is 0 Å². The van der Waals surface area contributed by atoms with Crippen LogP contribution in [0.5, 0.6) is 0 Å². The molecule has 1 aliphatic heterocycles. The third-order valence-corrected chi connectivity index (χ3v) is 6.78. The Hall–Kier alpha value is -2.42. The third kappa shape index (κ3) is 7.53. The topological polar surface area (TPSA) is 71.1 Å². The first kappa shape index (κ1) is 27.2. The van der Waals surface area contributed by atoms with Gasteiger partial charge >= 0.3 is 213 Å². The van der Waals surface area contributed by atoms with Crippen LogP contribution in [0.3, 0.4) is 0 Å². The molecule has 35 heavy (non-hydrogen) atoms. The van der Waals surface area contributed by atoms with Gasteiger partial charge in [-0.2, -0.15) is 0 Å². The summed E-state index contributed by atoms with van der Waals surface area (Å²) in [4.78, 5) is 26.1. The number of hydrogen-bond acceptors (Lipinski definition) is 7. The molecule has 1 heterocycles. The maximum atomic E-state index is 13.1. The van der Waals surface area contributed by atoms with Crippen molar-refractivity contribution in [3.05, 3.63) is 71.8 Å². The van der Waals surface area contributed by atoms with Gasteiger partial charge in [0.25, 0.3) is 0 Å². The molecule has 3 unspecified atom stereocenters. The van der Waals surface area contributed by atoms with Crippen molar-refractivity contribution >= 4 is 37.2 Å². The number of rotatable bonds is 12. The predicted octanol–water partition coefficient (Wildman–Crippen LogP) is 4.05. The fraction of sp³-hybridized carbons (Fsp3) is 0.444. The Kier molecular flexibility index (Phi) is 11.0. The van der Waals surface area contributed by atoms with Gasteiger partial charge in [-0.15, -0.1) is 0 Å². The second-order valence-electron chi connectivity index (χ2n) is 8.21. The number of hydrogen-bond donors (Lipinski definition) is 0. The molecule has 2 aromatic carbocycles. The van der Waals surface area contributed by atoms with Crippen molar-refractivity contribution < 1.29 is 28.5 Å². The number of unbranched alkanes of at least 4 members (excludes halogenated alkanes) is 1. The summed E-state index contributed by atoms with van der Waals surface area (Å²) in [6.45, 7) is 5.05.